The predicted octanol–water partition coefficient (Wildman–Crippen LogP) is 1.95. The van der Waals surface area contributed by atoms with Crippen molar-refractivity contribution in [2.45, 2.75) is 84.0 Å². The number of nitrogens with zero attached hydrogens (tertiary/aromatic N) is 2. The van der Waals surface area contributed by atoms with Crippen molar-refractivity contribution < 1.29 is 28.8 Å². The van der Waals surface area contributed by atoms with Gasteiger partial charge in [0.1, 0.15) is 11.6 Å². The lowest BCUT2D eigenvalue weighted by molar-refractivity contribution is -0.139. The maximum atomic E-state index is 12.6. The van der Waals surface area contributed by atoms with Crippen LogP contribution in [0.2, 0.25) is 0 Å². The van der Waals surface area contributed by atoms with Gasteiger partial charge in [-0.05, 0) is 47.0 Å². The number of nitrogens with one attached hydrogen (secondary N) is 2. The molecule has 2 fully saturated rings. The summed E-state index contributed by atoms with van der Waals surface area (Å²) in [7, 11) is 0. The SMILES string of the molecule is CCCCON1C(=O)N2C[C@@H]1CC[C@H]2C(=O)NOC[C@@H](C)NC(=O)OC(C)(C)C. The number of unbranched alkanes of at least 4 members (excludes halogenated alkanes) is 1. The van der Waals surface area contributed by atoms with Gasteiger partial charge in [0.25, 0.3) is 5.91 Å². The summed E-state index contributed by atoms with van der Waals surface area (Å²) < 4.78 is 5.17. The number of amides is 4. The van der Waals surface area contributed by atoms with Crippen molar-refractivity contribution in [2.75, 3.05) is 19.8 Å². The summed E-state index contributed by atoms with van der Waals surface area (Å²) in [4.78, 5) is 49.1. The van der Waals surface area contributed by atoms with Crippen LogP contribution in [0.25, 0.3) is 0 Å². The van der Waals surface area contributed by atoms with E-state index in [9.17, 15) is 14.4 Å². The van der Waals surface area contributed by atoms with Gasteiger partial charge in [-0.15, -0.1) is 0 Å². The number of hydroxylamine groups is 3. The Balaban J connectivity index is 1.74. The number of urea groups is 1. The maximum absolute atomic E-state index is 12.6. The van der Waals surface area contributed by atoms with Gasteiger partial charge < -0.3 is 15.0 Å². The molecular weight excluding hydrogens is 380 g/mol. The molecule has 2 bridgehead atoms. The fraction of sp³-hybridized carbons (Fsp3) is 0.842. The molecule has 4 amide bonds. The summed E-state index contributed by atoms with van der Waals surface area (Å²) in [6.07, 6.45) is 2.56. The fourth-order valence-corrected chi connectivity index (χ4v) is 3.23. The first-order chi connectivity index (χ1) is 13.6. The van der Waals surface area contributed by atoms with E-state index in [4.69, 9.17) is 14.4 Å². The molecule has 10 nitrogen and oxygen atoms in total. The Labute approximate surface area is 172 Å². The zero-order valence-electron chi connectivity index (χ0n) is 18.0. The van der Waals surface area contributed by atoms with E-state index < -0.39 is 17.7 Å². The lowest BCUT2D eigenvalue weighted by Crippen LogP contribution is -2.50. The van der Waals surface area contributed by atoms with E-state index in [2.05, 4.69) is 17.7 Å². The molecule has 0 aromatic carbocycles. The van der Waals surface area contributed by atoms with Gasteiger partial charge in [-0.3, -0.25) is 14.5 Å². The van der Waals surface area contributed by atoms with Crippen molar-refractivity contribution in [1.29, 1.82) is 0 Å². The minimum absolute atomic E-state index is 0.0117. The second-order valence-corrected chi connectivity index (χ2v) is 8.52. The van der Waals surface area contributed by atoms with E-state index >= 15 is 0 Å². The summed E-state index contributed by atoms with van der Waals surface area (Å²) in [6.45, 7) is 10.2. The van der Waals surface area contributed by atoms with Gasteiger partial charge in [-0.2, -0.15) is 5.06 Å². The molecule has 0 radical (unpaired) electrons. The molecular formula is C19H34N4O6. The van der Waals surface area contributed by atoms with E-state index in [0.717, 1.165) is 12.8 Å². The van der Waals surface area contributed by atoms with E-state index in [1.807, 2.05) is 0 Å². The van der Waals surface area contributed by atoms with Crippen molar-refractivity contribution in [2.24, 2.45) is 0 Å². The van der Waals surface area contributed by atoms with Crippen LogP contribution in [0, 0.1) is 0 Å². The predicted molar refractivity (Wildman–Crippen MR) is 105 cm³/mol. The highest BCUT2D eigenvalue weighted by Gasteiger charge is 2.47. The lowest BCUT2D eigenvalue weighted by Gasteiger charge is -2.29. The number of alkyl carbamates (subject to hydrolysis) is 1. The van der Waals surface area contributed by atoms with E-state index in [1.54, 1.807) is 27.7 Å². The minimum atomic E-state index is -0.590. The van der Waals surface area contributed by atoms with Gasteiger partial charge in [-0.1, -0.05) is 13.3 Å². The van der Waals surface area contributed by atoms with Crippen LogP contribution in [0.1, 0.15) is 60.3 Å². The third kappa shape index (κ3) is 6.74. The third-order valence-corrected chi connectivity index (χ3v) is 4.62. The van der Waals surface area contributed by atoms with Crippen LogP contribution in [0.3, 0.4) is 0 Å². The molecule has 2 aliphatic rings. The highest BCUT2D eigenvalue weighted by atomic mass is 16.7. The van der Waals surface area contributed by atoms with Gasteiger partial charge in [0.05, 0.1) is 25.3 Å². The number of ether oxygens (including phenoxy) is 1. The topological polar surface area (TPSA) is 109 Å². The van der Waals surface area contributed by atoms with Gasteiger partial charge in [-0.25, -0.2) is 15.1 Å². The molecule has 2 rings (SSSR count). The average molecular weight is 415 g/mol. The van der Waals surface area contributed by atoms with Crippen LogP contribution in [-0.2, 0) is 19.2 Å². The van der Waals surface area contributed by atoms with Crippen molar-refractivity contribution in [3.8, 4) is 0 Å². The average Bonchev–Trinajstić information content (AvgIpc) is 2.84. The Hall–Kier alpha value is -2.07. The molecule has 10 heteroatoms. The summed E-state index contributed by atoms with van der Waals surface area (Å²) in [5, 5.41) is 4.04. The van der Waals surface area contributed by atoms with Crippen molar-refractivity contribution in [3.05, 3.63) is 0 Å². The highest BCUT2D eigenvalue weighted by molar-refractivity contribution is 5.88. The largest absolute Gasteiger partial charge is 0.444 e. The van der Waals surface area contributed by atoms with Crippen LogP contribution in [0.4, 0.5) is 9.59 Å². The van der Waals surface area contributed by atoms with Gasteiger partial charge >= 0.3 is 12.1 Å². The van der Waals surface area contributed by atoms with Crippen molar-refractivity contribution in [3.63, 3.8) is 0 Å². The van der Waals surface area contributed by atoms with Crippen LogP contribution in [0.5, 0.6) is 0 Å². The fourth-order valence-electron chi connectivity index (χ4n) is 3.23. The third-order valence-electron chi connectivity index (χ3n) is 4.62. The number of fused-ring (bicyclic) bond motifs is 2. The summed E-state index contributed by atoms with van der Waals surface area (Å²) in [6, 6.07) is -1.24. The van der Waals surface area contributed by atoms with E-state index in [-0.39, 0.29) is 30.6 Å². The Morgan fingerprint density at radius 2 is 2.00 bits per heavy atom. The molecule has 2 saturated heterocycles. The quantitative estimate of drug-likeness (QED) is 0.441. The van der Waals surface area contributed by atoms with Crippen LogP contribution < -0.4 is 10.8 Å². The van der Waals surface area contributed by atoms with Gasteiger partial charge in [0.15, 0.2) is 0 Å². The number of rotatable bonds is 9. The van der Waals surface area contributed by atoms with Crippen molar-refractivity contribution in [1.82, 2.24) is 20.8 Å². The molecule has 29 heavy (non-hydrogen) atoms. The van der Waals surface area contributed by atoms with E-state index in [0.29, 0.717) is 26.0 Å². The second kappa shape index (κ2) is 10.1. The first-order valence-corrected chi connectivity index (χ1v) is 10.3. The Bertz CT molecular complexity index is 594. The summed E-state index contributed by atoms with van der Waals surface area (Å²) >= 11 is 0. The Kier molecular flexibility index (Phi) is 8.09. The van der Waals surface area contributed by atoms with Gasteiger partial charge in [0, 0.05) is 6.54 Å². The molecule has 2 aliphatic heterocycles. The van der Waals surface area contributed by atoms with Crippen LogP contribution >= 0.6 is 0 Å². The minimum Gasteiger partial charge on any atom is -0.444 e. The standard InChI is InChI=1S/C19H34N4O6/c1-6-7-10-28-23-14-8-9-15(22(11-14)18(23)26)16(24)21-27-12-13(2)20-17(25)29-19(3,4)5/h13-15H,6-12H2,1-5H3,(H,20,25)(H,21,24)/t13-,14+,15+/m1/s1. The molecule has 0 aliphatic carbocycles. The Morgan fingerprint density at radius 3 is 2.66 bits per heavy atom. The molecule has 0 aromatic rings. The Morgan fingerprint density at radius 1 is 1.28 bits per heavy atom. The zero-order chi connectivity index (χ0) is 21.6. The molecule has 0 unspecified atom stereocenters. The monoisotopic (exact) mass is 414 g/mol. The molecule has 166 valence electrons. The number of hydrogen-bond donors (Lipinski definition) is 2. The molecule has 0 spiro atoms. The first-order valence-electron chi connectivity index (χ1n) is 10.3. The normalized spacial score (nSPS) is 22.4. The van der Waals surface area contributed by atoms with E-state index in [1.165, 1.54) is 9.96 Å². The lowest BCUT2D eigenvalue weighted by atomic mass is 10.0. The molecule has 2 N–H and O–H groups in total. The molecule has 2 heterocycles. The first kappa shape index (κ1) is 23.2. The van der Waals surface area contributed by atoms with Crippen LogP contribution in [0.15, 0.2) is 0 Å². The smallest absolute Gasteiger partial charge is 0.407 e. The number of carbonyl (C=O) groups is 3. The maximum Gasteiger partial charge on any atom is 0.407 e. The second-order valence-electron chi connectivity index (χ2n) is 8.52. The number of piperidine rings is 1. The summed E-state index contributed by atoms with van der Waals surface area (Å²) in [5.74, 6) is -0.378. The molecule has 3 atom stereocenters. The van der Waals surface area contributed by atoms with Crippen LogP contribution in [-0.4, -0.2) is 71.5 Å². The highest BCUT2D eigenvalue weighted by Crippen LogP contribution is 2.30. The number of carbonyl (C=O) groups excluding carboxylic acids is 3. The number of hydrogen-bond acceptors (Lipinski definition) is 6. The summed E-state index contributed by atoms with van der Waals surface area (Å²) in [5.41, 5.74) is 1.80. The zero-order valence-corrected chi connectivity index (χ0v) is 18.0. The molecule has 0 saturated carbocycles. The van der Waals surface area contributed by atoms with Crippen molar-refractivity contribution >= 4 is 18.0 Å². The van der Waals surface area contributed by atoms with Gasteiger partial charge in [0.2, 0.25) is 0 Å². The molecule has 0 aromatic heterocycles.